The molecule has 1 aliphatic heterocycles. The van der Waals surface area contributed by atoms with E-state index in [1.807, 2.05) is 6.92 Å². The molecule has 1 fully saturated rings. The van der Waals surface area contributed by atoms with Gasteiger partial charge in [0.15, 0.2) is 0 Å². The molecule has 0 radical (unpaired) electrons. The van der Waals surface area contributed by atoms with E-state index in [1.165, 1.54) is 6.07 Å². The molecule has 0 saturated carbocycles. The first-order valence-corrected chi connectivity index (χ1v) is 7.85. The number of aryl methyl sites for hydroxylation is 1. The molecule has 0 N–H and O–H groups in total. The maximum atomic E-state index is 12.4. The molecule has 6 heteroatoms. The summed E-state index contributed by atoms with van der Waals surface area (Å²) in [5.41, 5.74) is 0.180. The summed E-state index contributed by atoms with van der Waals surface area (Å²) >= 11 is 0. The van der Waals surface area contributed by atoms with E-state index in [4.69, 9.17) is 13.9 Å². The van der Waals surface area contributed by atoms with Gasteiger partial charge in [-0.1, -0.05) is 0 Å². The van der Waals surface area contributed by atoms with E-state index in [-0.39, 0.29) is 12.0 Å². The van der Waals surface area contributed by atoms with Gasteiger partial charge in [-0.05, 0) is 38.1 Å². The number of carbonyl (C=O) groups is 1. The van der Waals surface area contributed by atoms with Crippen LogP contribution in [0.4, 0.5) is 0 Å². The fourth-order valence-electron chi connectivity index (χ4n) is 2.56. The van der Waals surface area contributed by atoms with Gasteiger partial charge in [0.05, 0.1) is 25.8 Å². The normalized spacial score (nSPS) is 14.2. The minimum atomic E-state index is -0.438. The molecule has 0 aliphatic carbocycles. The molecule has 0 spiro atoms. The molecule has 1 aromatic heterocycles. The lowest BCUT2D eigenvalue weighted by molar-refractivity contribution is 0.0175. The molecule has 0 atom stereocenters. The van der Waals surface area contributed by atoms with E-state index in [0.717, 1.165) is 5.75 Å². The predicted molar refractivity (Wildman–Crippen MR) is 87.6 cm³/mol. The standard InChI is InChI=1S/C18H19NO5/c1-3-22-14-6-4-13(5-7-14)18(21)19-10-16(11-19)24-15-8-12(2)23-17(20)9-15/h4-9,16H,3,10-11H2,1-2H3. The Hall–Kier alpha value is -2.76. The molecule has 3 rings (SSSR count). The molecule has 1 aromatic carbocycles. The minimum absolute atomic E-state index is 0.0401. The lowest BCUT2D eigenvalue weighted by Gasteiger charge is -2.39. The number of hydrogen-bond acceptors (Lipinski definition) is 5. The van der Waals surface area contributed by atoms with Crippen molar-refractivity contribution in [1.82, 2.24) is 4.90 Å². The van der Waals surface area contributed by atoms with Crippen LogP contribution < -0.4 is 15.1 Å². The van der Waals surface area contributed by atoms with Crippen molar-refractivity contribution in [3.8, 4) is 11.5 Å². The highest BCUT2D eigenvalue weighted by Gasteiger charge is 2.33. The minimum Gasteiger partial charge on any atom is -0.494 e. The average Bonchev–Trinajstić information content (AvgIpc) is 2.50. The first kappa shape index (κ1) is 16.1. The Morgan fingerprint density at radius 1 is 1.21 bits per heavy atom. The van der Waals surface area contributed by atoms with Crippen molar-refractivity contribution < 1.29 is 18.7 Å². The molecule has 1 aliphatic rings. The largest absolute Gasteiger partial charge is 0.494 e. The number of nitrogens with zero attached hydrogens (tertiary/aromatic N) is 1. The third-order valence-corrected chi connectivity index (χ3v) is 3.72. The zero-order chi connectivity index (χ0) is 17.1. The van der Waals surface area contributed by atoms with Crippen LogP contribution in [0.2, 0.25) is 0 Å². The van der Waals surface area contributed by atoms with Gasteiger partial charge in [0.25, 0.3) is 5.91 Å². The van der Waals surface area contributed by atoms with Crippen LogP contribution in [-0.2, 0) is 0 Å². The lowest BCUT2D eigenvalue weighted by atomic mass is 10.1. The molecular weight excluding hydrogens is 310 g/mol. The fraction of sp³-hybridized carbons (Fsp3) is 0.333. The van der Waals surface area contributed by atoms with Gasteiger partial charge in [-0.25, -0.2) is 4.79 Å². The summed E-state index contributed by atoms with van der Waals surface area (Å²) in [4.78, 5) is 25.4. The number of benzene rings is 1. The second-order valence-corrected chi connectivity index (χ2v) is 5.63. The van der Waals surface area contributed by atoms with Crippen molar-refractivity contribution in [3.63, 3.8) is 0 Å². The Morgan fingerprint density at radius 2 is 1.92 bits per heavy atom. The Balaban J connectivity index is 1.55. The highest BCUT2D eigenvalue weighted by atomic mass is 16.5. The predicted octanol–water partition coefficient (Wildman–Crippen LogP) is 2.25. The SMILES string of the molecule is CCOc1ccc(C(=O)N2CC(Oc3cc(C)oc(=O)c3)C2)cc1. The van der Waals surface area contributed by atoms with Gasteiger partial charge in [0, 0.05) is 11.6 Å². The number of amides is 1. The lowest BCUT2D eigenvalue weighted by Crippen LogP contribution is -2.56. The molecular formula is C18H19NO5. The summed E-state index contributed by atoms with van der Waals surface area (Å²) in [6, 6.07) is 10.1. The third kappa shape index (κ3) is 3.59. The molecule has 2 heterocycles. The third-order valence-electron chi connectivity index (χ3n) is 3.72. The summed E-state index contributed by atoms with van der Waals surface area (Å²) in [6.45, 7) is 5.18. The van der Waals surface area contributed by atoms with Crippen LogP contribution in [0.5, 0.6) is 11.5 Å². The van der Waals surface area contributed by atoms with Crippen LogP contribution in [-0.4, -0.2) is 36.6 Å². The van der Waals surface area contributed by atoms with Crippen LogP contribution in [0, 0.1) is 6.92 Å². The zero-order valence-electron chi connectivity index (χ0n) is 13.7. The second kappa shape index (κ2) is 6.78. The Bertz CT molecular complexity index is 775. The van der Waals surface area contributed by atoms with Crippen molar-refractivity contribution in [2.45, 2.75) is 20.0 Å². The van der Waals surface area contributed by atoms with Gasteiger partial charge in [0.1, 0.15) is 23.4 Å². The topological polar surface area (TPSA) is 69.0 Å². The number of ether oxygens (including phenoxy) is 2. The molecule has 126 valence electrons. The number of hydrogen-bond donors (Lipinski definition) is 0. The highest BCUT2D eigenvalue weighted by molar-refractivity contribution is 5.94. The fourth-order valence-corrected chi connectivity index (χ4v) is 2.56. The molecule has 24 heavy (non-hydrogen) atoms. The van der Waals surface area contributed by atoms with E-state index >= 15 is 0 Å². The van der Waals surface area contributed by atoms with E-state index < -0.39 is 5.63 Å². The van der Waals surface area contributed by atoms with Crippen molar-refractivity contribution in [3.05, 3.63) is 58.1 Å². The maximum absolute atomic E-state index is 12.4. The Labute approximate surface area is 139 Å². The van der Waals surface area contributed by atoms with Crippen LogP contribution in [0.3, 0.4) is 0 Å². The van der Waals surface area contributed by atoms with Gasteiger partial charge < -0.3 is 18.8 Å². The maximum Gasteiger partial charge on any atom is 0.339 e. The van der Waals surface area contributed by atoms with Crippen molar-refractivity contribution in [2.75, 3.05) is 19.7 Å². The molecule has 0 bridgehead atoms. The highest BCUT2D eigenvalue weighted by Crippen LogP contribution is 2.21. The summed E-state index contributed by atoms with van der Waals surface area (Å²) in [6.07, 6.45) is -0.113. The van der Waals surface area contributed by atoms with Crippen LogP contribution in [0.25, 0.3) is 0 Å². The van der Waals surface area contributed by atoms with Gasteiger partial charge in [0.2, 0.25) is 0 Å². The van der Waals surface area contributed by atoms with Gasteiger partial charge in [-0.3, -0.25) is 4.79 Å². The molecule has 0 unspecified atom stereocenters. The molecule has 1 amide bonds. The molecule has 6 nitrogen and oxygen atoms in total. The number of likely N-dealkylation sites (tertiary alicyclic amines) is 1. The van der Waals surface area contributed by atoms with Gasteiger partial charge in [-0.15, -0.1) is 0 Å². The van der Waals surface area contributed by atoms with E-state index in [1.54, 1.807) is 42.2 Å². The summed E-state index contributed by atoms with van der Waals surface area (Å²) in [7, 11) is 0. The first-order valence-electron chi connectivity index (χ1n) is 7.85. The summed E-state index contributed by atoms with van der Waals surface area (Å²) < 4.78 is 16.0. The quantitative estimate of drug-likeness (QED) is 0.841. The monoisotopic (exact) mass is 329 g/mol. The number of rotatable bonds is 5. The summed E-state index contributed by atoms with van der Waals surface area (Å²) in [5, 5.41) is 0. The second-order valence-electron chi connectivity index (χ2n) is 5.63. The number of carbonyl (C=O) groups excluding carboxylic acids is 1. The molecule has 1 saturated heterocycles. The van der Waals surface area contributed by atoms with E-state index in [0.29, 0.717) is 36.8 Å². The summed E-state index contributed by atoms with van der Waals surface area (Å²) in [5.74, 6) is 1.68. The van der Waals surface area contributed by atoms with Crippen molar-refractivity contribution in [2.24, 2.45) is 0 Å². The van der Waals surface area contributed by atoms with Crippen LogP contribution in [0.1, 0.15) is 23.0 Å². The Kier molecular flexibility index (Phi) is 4.55. The van der Waals surface area contributed by atoms with Gasteiger partial charge in [-0.2, -0.15) is 0 Å². The van der Waals surface area contributed by atoms with Crippen molar-refractivity contribution in [1.29, 1.82) is 0 Å². The van der Waals surface area contributed by atoms with E-state index in [2.05, 4.69) is 0 Å². The van der Waals surface area contributed by atoms with Gasteiger partial charge >= 0.3 is 5.63 Å². The average molecular weight is 329 g/mol. The van der Waals surface area contributed by atoms with Crippen LogP contribution in [0.15, 0.2) is 45.6 Å². The zero-order valence-corrected chi connectivity index (χ0v) is 13.7. The van der Waals surface area contributed by atoms with Crippen LogP contribution >= 0.6 is 0 Å². The smallest absolute Gasteiger partial charge is 0.339 e. The Morgan fingerprint density at radius 3 is 2.54 bits per heavy atom. The first-order chi connectivity index (χ1) is 11.5. The van der Waals surface area contributed by atoms with E-state index in [9.17, 15) is 9.59 Å². The van der Waals surface area contributed by atoms with Crippen molar-refractivity contribution >= 4 is 5.91 Å². The molecule has 2 aromatic rings.